The molecule has 2 rings (SSSR count). The van der Waals surface area contributed by atoms with Crippen LogP contribution in [0.1, 0.15) is 52.4 Å². The van der Waals surface area contributed by atoms with E-state index < -0.39 is 0 Å². The van der Waals surface area contributed by atoms with Crippen LogP contribution in [0.15, 0.2) is 0 Å². The standard InChI is InChI=1S/C12H23NS/c1-3-10-7-5-6-8-12(10)13-11(4-2)9-14-12/h10-11,13H,3-9H2,1-2H3. The molecule has 2 heteroatoms. The van der Waals surface area contributed by atoms with Gasteiger partial charge in [0.25, 0.3) is 0 Å². The van der Waals surface area contributed by atoms with Crippen LogP contribution in [-0.4, -0.2) is 16.7 Å². The fraction of sp³-hybridized carbons (Fsp3) is 1.00. The van der Waals surface area contributed by atoms with E-state index in [0.717, 1.165) is 12.0 Å². The highest BCUT2D eigenvalue weighted by Gasteiger charge is 2.45. The van der Waals surface area contributed by atoms with Crippen molar-refractivity contribution in [3.63, 3.8) is 0 Å². The molecule has 1 spiro atoms. The molecule has 0 amide bonds. The molecule has 1 saturated carbocycles. The van der Waals surface area contributed by atoms with E-state index in [0.29, 0.717) is 4.87 Å². The average Bonchev–Trinajstić information content (AvgIpc) is 2.63. The summed E-state index contributed by atoms with van der Waals surface area (Å²) < 4.78 is 0. The first-order valence-corrected chi connectivity index (χ1v) is 7.21. The Morgan fingerprint density at radius 2 is 2.14 bits per heavy atom. The second-order valence-corrected chi connectivity index (χ2v) is 6.15. The van der Waals surface area contributed by atoms with Crippen LogP contribution in [0.4, 0.5) is 0 Å². The summed E-state index contributed by atoms with van der Waals surface area (Å²) in [4.78, 5) is 0.480. The SMILES string of the molecule is CCC1CSC2(CCCCC2CC)N1. The molecule has 0 aromatic rings. The minimum absolute atomic E-state index is 0.480. The van der Waals surface area contributed by atoms with Crippen LogP contribution < -0.4 is 5.32 Å². The lowest BCUT2D eigenvalue weighted by Crippen LogP contribution is -2.49. The maximum atomic E-state index is 3.92. The second-order valence-electron chi connectivity index (χ2n) is 4.80. The summed E-state index contributed by atoms with van der Waals surface area (Å²) in [5, 5.41) is 3.92. The van der Waals surface area contributed by atoms with Crippen LogP contribution in [0.5, 0.6) is 0 Å². The first kappa shape index (κ1) is 10.8. The minimum Gasteiger partial charge on any atom is -0.299 e. The van der Waals surface area contributed by atoms with Crippen LogP contribution in [0.2, 0.25) is 0 Å². The lowest BCUT2D eigenvalue weighted by Gasteiger charge is -2.41. The number of hydrogen-bond acceptors (Lipinski definition) is 2. The van der Waals surface area contributed by atoms with Crippen molar-refractivity contribution in [3.8, 4) is 0 Å². The van der Waals surface area contributed by atoms with Gasteiger partial charge in [-0.3, -0.25) is 5.32 Å². The Labute approximate surface area is 92.4 Å². The smallest absolute Gasteiger partial charge is 0.0676 e. The molecule has 0 radical (unpaired) electrons. The Bertz CT molecular complexity index is 195. The van der Waals surface area contributed by atoms with Gasteiger partial charge >= 0.3 is 0 Å². The first-order chi connectivity index (χ1) is 6.80. The highest BCUT2D eigenvalue weighted by molar-refractivity contribution is 8.00. The van der Waals surface area contributed by atoms with E-state index >= 15 is 0 Å². The molecule has 0 aromatic carbocycles. The third-order valence-electron chi connectivity index (χ3n) is 3.99. The summed E-state index contributed by atoms with van der Waals surface area (Å²) in [7, 11) is 0. The molecule has 1 aliphatic carbocycles. The van der Waals surface area contributed by atoms with Gasteiger partial charge in [-0.15, -0.1) is 11.8 Å². The van der Waals surface area contributed by atoms with Crippen molar-refractivity contribution in [2.45, 2.75) is 63.3 Å². The average molecular weight is 213 g/mol. The van der Waals surface area contributed by atoms with Gasteiger partial charge in [0.15, 0.2) is 0 Å². The van der Waals surface area contributed by atoms with Crippen molar-refractivity contribution < 1.29 is 0 Å². The van der Waals surface area contributed by atoms with Gasteiger partial charge in [-0.1, -0.05) is 33.1 Å². The van der Waals surface area contributed by atoms with E-state index in [9.17, 15) is 0 Å². The molecule has 82 valence electrons. The molecule has 0 aromatic heterocycles. The van der Waals surface area contributed by atoms with Gasteiger partial charge in [0.05, 0.1) is 4.87 Å². The Hall–Kier alpha value is 0.310. The molecule has 3 atom stereocenters. The van der Waals surface area contributed by atoms with Crippen molar-refractivity contribution in [3.05, 3.63) is 0 Å². The predicted molar refractivity (Wildman–Crippen MR) is 64.7 cm³/mol. The van der Waals surface area contributed by atoms with Crippen molar-refractivity contribution in [1.82, 2.24) is 5.32 Å². The zero-order valence-electron chi connectivity index (χ0n) is 9.51. The van der Waals surface area contributed by atoms with Gasteiger partial charge in [-0.05, 0) is 25.2 Å². The second kappa shape index (κ2) is 4.44. The minimum atomic E-state index is 0.480. The summed E-state index contributed by atoms with van der Waals surface area (Å²) in [5.74, 6) is 2.27. The van der Waals surface area contributed by atoms with Crippen LogP contribution >= 0.6 is 11.8 Å². The number of hydrogen-bond donors (Lipinski definition) is 1. The summed E-state index contributed by atoms with van der Waals surface area (Å²) in [6.07, 6.45) is 8.41. The Morgan fingerprint density at radius 1 is 1.29 bits per heavy atom. The van der Waals surface area contributed by atoms with Crippen molar-refractivity contribution in [2.24, 2.45) is 5.92 Å². The molecule has 1 nitrogen and oxygen atoms in total. The first-order valence-electron chi connectivity index (χ1n) is 6.22. The van der Waals surface area contributed by atoms with Gasteiger partial charge in [-0.25, -0.2) is 0 Å². The Kier molecular flexibility index (Phi) is 3.43. The lowest BCUT2D eigenvalue weighted by atomic mass is 9.82. The Balaban J connectivity index is 2.05. The molecule has 1 heterocycles. The summed E-state index contributed by atoms with van der Waals surface area (Å²) in [6.45, 7) is 4.67. The van der Waals surface area contributed by atoms with Crippen LogP contribution in [0.3, 0.4) is 0 Å². The molecule has 2 aliphatic rings. The van der Waals surface area contributed by atoms with Crippen molar-refractivity contribution in [1.29, 1.82) is 0 Å². The molecule has 3 unspecified atom stereocenters. The van der Waals surface area contributed by atoms with Crippen LogP contribution in [0, 0.1) is 5.92 Å². The van der Waals surface area contributed by atoms with Gasteiger partial charge in [-0.2, -0.15) is 0 Å². The number of nitrogens with one attached hydrogen (secondary N) is 1. The highest BCUT2D eigenvalue weighted by atomic mass is 32.2. The van der Waals surface area contributed by atoms with Crippen LogP contribution in [0.25, 0.3) is 0 Å². The highest BCUT2D eigenvalue weighted by Crippen LogP contribution is 2.47. The lowest BCUT2D eigenvalue weighted by molar-refractivity contribution is 0.221. The Morgan fingerprint density at radius 3 is 2.79 bits per heavy atom. The molecule has 1 N–H and O–H groups in total. The topological polar surface area (TPSA) is 12.0 Å². The molecule has 0 bridgehead atoms. The molecular formula is C12H23NS. The van der Waals surface area contributed by atoms with E-state index in [1.165, 1.54) is 44.3 Å². The van der Waals surface area contributed by atoms with E-state index in [4.69, 9.17) is 0 Å². The molecule has 14 heavy (non-hydrogen) atoms. The van der Waals surface area contributed by atoms with Gasteiger partial charge in [0.1, 0.15) is 0 Å². The maximum Gasteiger partial charge on any atom is 0.0676 e. The van der Waals surface area contributed by atoms with Gasteiger partial charge < -0.3 is 0 Å². The zero-order chi connectivity index (χ0) is 10.0. The van der Waals surface area contributed by atoms with Gasteiger partial charge in [0, 0.05) is 11.8 Å². The normalized spacial score (nSPS) is 43.3. The van der Waals surface area contributed by atoms with Crippen molar-refractivity contribution in [2.75, 3.05) is 5.75 Å². The molecule has 1 saturated heterocycles. The zero-order valence-corrected chi connectivity index (χ0v) is 10.3. The number of rotatable bonds is 2. The van der Waals surface area contributed by atoms with Gasteiger partial charge in [0.2, 0.25) is 0 Å². The predicted octanol–water partition coefficient (Wildman–Crippen LogP) is 3.40. The van der Waals surface area contributed by atoms with Crippen LogP contribution in [-0.2, 0) is 0 Å². The van der Waals surface area contributed by atoms with E-state index in [1.54, 1.807) is 0 Å². The fourth-order valence-corrected chi connectivity index (χ4v) is 4.90. The largest absolute Gasteiger partial charge is 0.299 e. The van der Waals surface area contributed by atoms with E-state index in [1.807, 2.05) is 0 Å². The summed E-state index contributed by atoms with van der Waals surface area (Å²) >= 11 is 2.22. The molecular weight excluding hydrogens is 190 g/mol. The fourth-order valence-electron chi connectivity index (χ4n) is 3.03. The van der Waals surface area contributed by atoms with E-state index in [2.05, 4.69) is 30.9 Å². The van der Waals surface area contributed by atoms with Crippen molar-refractivity contribution >= 4 is 11.8 Å². The van der Waals surface area contributed by atoms with E-state index in [-0.39, 0.29) is 0 Å². The monoisotopic (exact) mass is 213 g/mol. The number of thioether (sulfide) groups is 1. The summed E-state index contributed by atoms with van der Waals surface area (Å²) in [5.41, 5.74) is 0. The molecule has 1 aliphatic heterocycles. The summed E-state index contributed by atoms with van der Waals surface area (Å²) in [6, 6.07) is 0.784. The third-order valence-corrected chi connectivity index (χ3v) is 5.73. The maximum absolute atomic E-state index is 3.92. The molecule has 2 fully saturated rings. The third kappa shape index (κ3) is 1.83. The quantitative estimate of drug-likeness (QED) is 0.754.